The number of likely N-dealkylation sites (N-methyl/N-ethyl adjacent to an activating group) is 1. The Balaban J connectivity index is 2.09. The topological polar surface area (TPSA) is 77.7 Å². The van der Waals surface area contributed by atoms with Gasteiger partial charge in [0.1, 0.15) is 12.4 Å². The lowest BCUT2D eigenvalue weighted by molar-refractivity contribution is -0.134. The molecule has 0 aliphatic rings. The van der Waals surface area contributed by atoms with Crippen molar-refractivity contribution in [2.24, 2.45) is 0 Å². The average Bonchev–Trinajstić information content (AvgIpc) is 2.96. The van der Waals surface area contributed by atoms with Crippen LogP contribution in [0, 0.1) is 0 Å². The Morgan fingerprint density at radius 1 is 1.38 bits per heavy atom. The second kappa shape index (κ2) is 6.85. The molecule has 0 fully saturated rings. The first kappa shape index (κ1) is 15.0. The van der Waals surface area contributed by atoms with E-state index in [1.165, 1.54) is 12.0 Å². The largest absolute Gasteiger partial charge is 0.497 e. The van der Waals surface area contributed by atoms with E-state index in [0.717, 1.165) is 5.56 Å². The van der Waals surface area contributed by atoms with Gasteiger partial charge in [0.25, 0.3) is 0 Å². The standard InChI is InChI=1S/C14H17N3O4/c1-17(13(18)9-19-2)8-12-15-14(16-21-12)10-5-4-6-11(7-10)20-3/h4-7H,8-9H2,1-3H3. The number of nitrogens with zero attached hydrogens (tertiary/aromatic N) is 3. The Morgan fingerprint density at radius 2 is 2.19 bits per heavy atom. The number of aromatic nitrogens is 2. The predicted molar refractivity (Wildman–Crippen MR) is 74.6 cm³/mol. The van der Waals surface area contributed by atoms with E-state index in [4.69, 9.17) is 14.0 Å². The number of amides is 1. The Morgan fingerprint density at radius 3 is 2.90 bits per heavy atom. The summed E-state index contributed by atoms with van der Waals surface area (Å²) >= 11 is 0. The molecule has 0 N–H and O–H groups in total. The summed E-state index contributed by atoms with van der Waals surface area (Å²) < 4.78 is 15.1. The molecule has 0 radical (unpaired) electrons. The molecular formula is C14H17N3O4. The zero-order valence-corrected chi connectivity index (χ0v) is 12.2. The van der Waals surface area contributed by atoms with Crippen molar-refractivity contribution in [1.29, 1.82) is 0 Å². The summed E-state index contributed by atoms with van der Waals surface area (Å²) in [6.07, 6.45) is 0. The van der Waals surface area contributed by atoms with Crippen LogP contribution in [0.4, 0.5) is 0 Å². The first-order valence-electron chi connectivity index (χ1n) is 6.34. The van der Waals surface area contributed by atoms with Crippen LogP contribution in [0.1, 0.15) is 5.89 Å². The van der Waals surface area contributed by atoms with Crippen LogP contribution in [0.2, 0.25) is 0 Å². The molecule has 1 heterocycles. The first-order chi connectivity index (χ1) is 10.1. The van der Waals surface area contributed by atoms with E-state index in [1.807, 2.05) is 24.3 Å². The smallest absolute Gasteiger partial charge is 0.248 e. The monoisotopic (exact) mass is 291 g/mol. The van der Waals surface area contributed by atoms with Crippen LogP contribution >= 0.6 is 0 Å². The zero-order chi connectivity index (χ0) is 15.2. The van der Waals surface area contributed by atoms with Crippen LogP contribution in [0.3, 0.4) is 0 Å². The minimum absolute atomic E-state index is 0.0212. The van der Waals surface area contributed by atoms with Gasteiger partial charge in [-0.3, -0.25) is 4.79 Å². The number of hydrogen-bond acceptors (Lipinski definition) is 6. The van der Waals surface area contributed by atoms with Crippen LogP contribution in [-0.4, -0.2) is 48.8 Å². The van der Waals surface area contributed by atoms with E-state index in [1.54, 1.807) is 14.2 Å². The van der Waals surface area contributed by atoms with Crippen molar-refractivity contribution in [1.82, 2.24) is 15.0 Å². The van der Waals surface area contributed by atoms with Crippen molar-refractivity contribution >= 4 is 5.91 Å². The first-order valence-corrected chi connectivity index (χ1v) is 6.34. The number of benzene rings is 1. The van der Waals surface area contributed by atoms with E-state index in [-0.39, 0.29) is 19.1 Å². The van der Waals surface area contributed by atoms with E-state index in [0.29, 0.717) is 17.5 Å². The zero-order valence-electron chi connectivity index (χ0n) is 12.2. The van der Waals surface area contributed by atoms with Crippen molar-refractivity contribution < 1.29 is 18.8 Å². The quantitative estimate of drug-likeness (QED) is 0.799. The molecular weight excluding hydrogens is 274 g/mol. The van der Waals surface area contributed by atoms with Gasteiger partial charge >= 0.3 is 0 Å². The molecule has 2 rings (SSSR count). The fraction of sp³-hybridized carbons (Fsp3) is 0.357. The Hall–Kier alpha value is -2.41. The molecule has 1 aromatic heterocycles. The van der Waals surface area contributed by atoms with Crippen molar-refractivity contribution in [3.63, 3.8) is 0 Å². The van der Waals surface area contributed by atoms with Gasteiger partial charge in [-0.1, -0.05) is 17.3 Å². The summed E-state index contributed by atoms with van der Waals surface area (Å²) in [5.41, 5.74) is 0.787. The molecule has 1 amide bonds. The van der Waals surface area contributed by atoms with E-state index < -0.39 is 0 Å². The minimum atomic E-state index is -0.154. The highest BCUT2D eigenvalue weighted by Crippen LogP contribution is 2.21. The maximum atomic E-state index is 11.6. The van der Waals surface area contributed by atoms with Crippen LogP contribution < -0.4 is 4.74 Å². The summed E-state index contributed by atoms with van der Waals surface area (Å²) in [7, 11) is 4.72. The summed E-state index contributed by atoms with van der Waals surface area (Å²) in [6.45, 7) is 0.256. The molecule has 0 aliphatic heterocycles. The van der Waals surface area contributed by atoms with Gasteiger partial charge in [0.15, 0.2) is 0 Å². The maximum Gasteiger partial charge on any atom is 0.248 e. The third kappa shape index (κ3) is 3.79. The second-order valence-corrected chi connectivity index (χ2v) is 4.43. The highest BCUT2D eigenvalue weighted by molar-refractivity contribution is 5.77. The van der Waals surface area contributed by atoms with Crippen molar-refractivity contribution in [3.8, 4) is 17.1 Å². The number of ether oxygens (including phenoxy) is 2. The lowest BCUT2D eigenvalue weighted by atomic mass is 10.2. The molecule has 2 aromatic rings. The van der Waals surface area contributed by atoms with Gasteiger partial charge in [-0.25, -0.2) is 0 Å². The maximum absolute atomic E-state index is 11.6. The van der Waals surface area contributed by atoms with Crippen LogP contribution in [-0.2, 0) is 16.1 Å². The number of rotatable bonds is 6. The molecule has 0 bridgehead atoms. The van der Waals surface area contributed by atoms with Crippen LogP contribution in [0.15, 0.2) is 28.8 Å². The third-order valence-corrected chi connectivity index (χ3v) is 2.86. The number of methoxy groups -OCH3 is 2. The molecule has 0 aliphatic carbocycles. The van der Waals surface area contributed by atoms with E-state index in [2.05, 4.69) is 10.1 Å². The van der Waals surface area contributed by atoms with Gasteiger partial charge in [-0.2, -0.15) is 4.98 Å². The van der Waals surface area contributed by atoms with E-state index >= 15 is 0 Å². The molecule has 7 nitrogen and oxygen atoms in total. The lowest BCUT2D eigenvalue weighted by Gasteiger charge is -2.13. The van der Waals surface area contributed by atoms with Gasteiger partial charge < -0.3 is 18.9 Å². The molecule has 0 saturated heterocycles. The van der Waals surface area contributed by atoms with Crippen molar-refractivity contribution in [2.45, 2.75) is 6.54 Å². The van der Waals surface area contributed by atoms with Gasteiger partial charge in [0.2, 0.25) is 17.6 Å². The average molecular weight is 291 g/mol. The number of hydrogen-bond donors (Lipinski definition) is 0. The van der Waals surface area contributed by atoms with Gasteiger partial charge in [0.05, 0.1) is 13.7 Å². The minimum Gasteiger partial charge on any atom is -0.497 e. The molecule has 0 unspecified atom stereocenters. The molecule has 0 spiro atoms. The molecule has 7 heteroatoms. The summed E-state index contributed by atoms with van der Waals surface area (Å²) in [6, 6.07) is 7.35. The van der Waals surface area contributed by atoms with Gasteiger partial charge in [0, 0.05) is 19.7 Å². The number of carbonyl (C=O) groups excluding carboxylic acids is 1. The third-order valence-electron chi connectivity index (χ3n) is 2.86. The lowest BCUT2D eigenvalue weighted by Crippen LogP contribution is -2.29. The van der Waals surface area contributed by atoms with Gasteiger partial charge in [-0.05, 0) is 12.1 Å². The molecule has 0 atom stereocenters. The highest BCUT2D eigenvalue weighted by Gasteiger charge is 2.14. The van der Waals surface area contributed by atoms with Crippen molar-refractivity contribution in [2.75, 3.05) is 27.9 Å². The SMILES string of the molecule is COCC(=O)N(C)Cc1nc(-c2cccc(OC)c2)no1. The Bertz CT molecular complexity index is 612. The number of carbonyl (C=O) groups is 1. The molecule has 0 saturated carbocycles. The summed E-state index contributed by atoms with van der Waals surface area (Å²) in [5.74, 6) is 1.38. The Labute approximate surface area is 122 Å². The summed E-state index contributed by atoms with van der Waals surface area (Å²) in [5, 5.41) is 3.91. The molecule has 21 heavy (non-hydrogen) atoms. The van der Waals surface area contributed by atoms with Crippen LogP contribution in [0.25, 0.3) is 11.4 Å². The fourth-order valence-electron chi connectivity index (χ4n) is 1.72. The molecule has 112 valence electrons. The fourth-order valence-corrected chi connectivity index (χ4v) is 1.72. The Kier molecular flexibility index (Phi) is 4.89. The van der Waals surface area contributed by atoms with E-state index in [9.17, 15) is 4.79 Å². The highest BCUT2D eigenvalue weighted by atomic mass is 16.5. The predicted octanol–water partition coefficient (Wildman–Crippen LogP) is 1.35. The van der Waals surface area contributed by atoms with Crippen molar-refractivity contribution in [3.05, 3.63) is 30.2 Å². The van der Waals surface area contributed by atoms with Crippen LogP contribution in [0.5, 0.6) is 5.75 Å². The summed E-state index contributed by atoms with van der Waals surface area (Å²) in [4.78, 5) is 17.3. The molecule has 1 aromatic carbocycles. The second-order valence-electron chi connectivity index (χ2n) is 4.43. The normalized spacial score (nSPS) is 10.4. The van der Waals surface area contributed by atoms with Gasteiger partial charge in [-0.15, -0.1) is 0 Å².